The Morgan fingerprint density at radius 1 is 1.36 bits per heavy atom. The van der Waals surface area contributed by atoms with Crippen LogP contribution in [0.5, 0.6) is 0 Å². The van der Waals surface area contributed by atoms with Gasteiger partial charge in [0.05, 0.1) is 6.26 Å². The summed E-state index contributed by atoms with van der Waals surface area (Å²) in [6.45, 7) is 0. The van der Waals surface area contributed by atoms with Crippen LogP contribution in [-0.4, -0.2) is 24.2 Å². The van der Waals surface area contributed by atoms with E-state index in [4.69, 9.17) is 14.5 Å². The first-order chi connectivity index (χ1) is 6.72. The van der Waals surface area contributed by atoms with Crippen molar-refractivity contribution in [3.05, 3.63) is 24.5 Å². The second-order valence-corrected chi connectivity index (χ2v) is 3.03. The van der Waals surface area contributed by atoms with Gasteiger partial charge in [0.2, 0.25) is 0 Å². The molecule has 0 aliphatic heterocycles. The summed E-state index contributed by atoms with van der Waals surface area (Å²) in [6, 6.07) is 5.31. The first kappa shape index (κ1) is 9.11. The van der Waals surface area contributed by atoms with Crippen molar-refractivity contribution in [2.24, 2.45) is 0 Å². The molecule has 0 saturated heterocycles. The predicted molar refractivity (Wildman–Crippen MR) is 55.6 cm³/mol. The molecule has 5 heteroatoms. The number of hydrogen-bond donors (Lipinski definition) is 3. The molecular weight excluding hydrogens is 181 g/mol. The van der Waals surface area contributed by atoms with E-state index in [0.717, 1.165) is 11.1 Å². The Morgan fingerprint density at radius 3 is 2.79 bits per heavy atom. The van der Waals surface area contributed by atoms with Crippen molar-refractivity contribution in [3.8, 4) is 0 Å². The highest BCUT2D eigenvalue weighted by Crippen LogP contribution is 2.18. The van der Waals surface area contributed by atoms with E-state index in [9.17, 15) is 0 Å². The molecule has 0 atom stereocenters. The number of hydrogen-bond acceptors (Lipinski definition) is 4. The van der Waals surface area contributed by atoms with Crippen LogP contribution in [0, 0.1) is 0 Å². The average Bonchev–Trinajstić information content (AvgIpc) is 2.63. The van der Waals surface area contributed by atoms with E-state index >= 15 is 0 Å². The van der Waals surface area contributed by atoms with E-state index < -0.39 is 7.12 Å². The van der Waals surface area contributed by atoms with Crippen molar-refractivity contribution in [1.82, 2.24) is 0 Å². The minimum absolute atomic E-state index is 0.372. The topological polar surface area (TPSA) is 65.6 Å². The molecule has 1 heterocycles. The third kappa shape index (κ3) is 1.36. The molecule has 4 nitrogen and oxygen atoms in total. The van der Waals surface area contributed by atoms with Gasteiger partial charge in [-0.1, -0.05) is 0 Å². The Balaban J connectivity index is 2.70. The minimum Gasteiger partial charge on any atom is -0.465 e. The number of nitrogens with one attached hydrogen (secondary N) is 1. The van der Waals surface area contributed by atoms with Crippen LogP contribution in [0.15, 0.2) is 28.9 Å². The molecule has 0 unspecified atom stereocenters. The monoisotopic (exact) mass is 191 g/mol. The molecule has 0 aliphatic carbocycles. The number of fused-ring (bicyclic) bond motifs is 1. The molecule has 0 saturated carbocycles. The third-order valence-electron chi connectivity index (χ3n) is 2.15. The molecule has 2 rings (SSSR count). The molecule has 0 fully saturated rings. The van der Waals surface area contributed by atoms with Gasteiger partial charge < -0.3 is 19.8 Å². The molecule has 0 aliphatic rings. The van der Waals surface area contributed by atoms with Crippen molar-refractivity contribution < 1.29 is 14.5 Å². The molecule has 0 radical (unpaired) electrons. The van der Waals surface area contributed by atoms with Crippen molar-refractivity contribution in [2.75, 3.05) is 12.4 Å². The Bertz CT molecular complexity index is 452. The zero-order valence-electron chi connectivity index (χ0n) is 7.69. The predicted octanol–water partition coefficient (Wildman–Crippen LogP) is 0.154. The van der Waals surface area contributed by atoms with Crippen LogP contribution in [-0.2, 0) is 0 Å². The van der Waals surface area contributed by atoms with Gasteiger partial charge in [0.15, 0.2) is 0 Å². The maximum atomic E-state index is 9.13. The Kier molecular flexibility index (Phi) is 2.19. The molecule has 1 aromatic carbocycles. The van der Waals surface area contributed by atoms with Crippen molar-refractivity contribution in [1.29, 1.82) is 0 Å². The van der Waals surface area contributed by atoms with Gasteiger partial charge in [0.1, 0.15) is 5.58 Å². The van der Waals surface area contributed by atoms with Crippen LogP contribution in [0.2, 0.25) is 0 Å². The van der Waals surface area contributed by atoms with Crippen molar-refractivity contribution in [2.45, 2.75) is 0 Å². The average molecular weight is 191 g/mol. The Hall–Kier alpha value is -1.46. The highest BCUT2D eigenvalue weighted by atomic mass is 16.4. The van der Waals surface area contributed by atoms with Gasteiger partial charge in [-0.25, -0.2) is 0 Å². The van der Waals surface area contributed by atoms with Crippen LogP contribution >= 0.6 is 0 Å². The second kappa shape index (κ2) is 3.36. The number of anilines is 1. The molecule has 0 bridgehead atoms. The summed E-state index contributed by atoms with van der Waals surface area (Å²) in [6.07, 6.45) is 1.52. The largest absolute Gasteiger partial charge is 0.492 e. The zero-order chi connectivity index (χ0) is 10.1. The van der Waals surface area contributed by atoms with E-state index in [1.807, 2.05) is 6.07 Å². The fourth-order valence-corrected chi connectivity index (χ4v) is 1.45. The lowest BCUT2D eigenvalue weighted by Crippen LogP contribution is -2.30. The van der Waals surface area contributed by atoms with Crippen LogP contribution in [0.3, 0.4) is 0 Å². The fraction of sp³-hybridized carbons (Fsp3) is 0.111. The molecular formula is C9H10BNO3. The van der Waals surface area contributed by atoms with Gasteiger partial charge in [-0.05, 0) is 18.2 Å². The highest BCUT2D eigenvalue weighted by Gasteiger charge is 2.17. The maximum absolute atomic E-state index is 9.13. The van der Waals surface area contributed by atoms with Crippen molar-refractivity contribution in [3.63, 3.8) is 0 Å². The smallest absolute Gasteiger partial charge is 0.465 e. The van der Waals surface area contributed by atoms with Gasteiger partial charge in [-0.15, -0.1) is 0 Å². The van der Waals surface area contributed by atoms with E-state index in [1.54, 1.807) is 19.2 Å². The number of benzene rings is 1. The molecule has 0 spiro atoms. The summed E-state index contributed by atoms with van der Waals surface area (Å²) in [7, 11) is 0.256. The molecule has 0 amide bonds. The standard InChI is InChI=1S/C9H10BNO3/c1-11-7-4-6-2-3-14-9(6)8(5-7)10(12)13/h2-5,11-13H,1H3. The molecule has 3 N–H and O–H groups in total. The lowest BCUT2D eigenvalue weighted by molar-refractivity contribution is 0.425. The van der Waals surface area contributed by atoms with E-state index in [2.05, 4.69) is 5.32 Å². The third-order valence-corrected chi connectivity index (χ3v) is 2.15. The lowest BCUT2D eigenvalue weighted by atomic mass is 9.79. The lowest BCUT2D eigenvalue weighted by Gasteiger charge is -2.04. The first-order valence-electron chi connectivity index (χ1n) is 4.27. The summed E-state index contributed by atoms with van der Waals surface area (Å²) in [5.41, 5.74) is 1.71. The van der Waals surface area contributed by atoms with Gasteiger partial charge in [0, 0.05) is 23.6 Å². The van der Waals surface area contributed by atoms with Gasteiger partial charge in [-0.2, -0.15) is 0 Å². The first-order valence-corrected chi connectivity index (χ1v) is 4.27. The Labute approximate surface area is 81.3 Å². The fourth-order valence-electron chi connectivity index (χ4n) is 1.45. The van der Waals surface area contributed by atoms with E-state index in [1.165, 1.54) is 6.26 Å². The Morgan fingerprint density at radius 2 is 2.14 bits per heavy atom. The van der Waals surface area contributed by atoms with Crippen LogP contribution in [0.4, 0.5) is 5.69 Å². The molecule has 14 heavy (non-hydrogen) atoms. The van der Waals surface area contributed by atoms with Gasteiger partial charge in [-0.3, -0.25) is 0 Å². The summed E-state index contributed by atoms with van der Waals surface area (Å²) < 4.78 is 5.16. The van der Waals surface area contributed by atoms with E-state index in [-0.39, 0.29) is 0 Å². The summed E-state index contributed by atoms with van der Waals surface area (Å²) >= 11 is 0. The minimum atomic E-state index is -1.52. The maximum Gasteiger partial charge on any atom is 0.492 e. The molecule has 72 valence electrons. The number of furan rings is 1. The zero-order valence-corrected chi connectivity index (χ0v) is 7.69. The SMILES string of the molecule is CNc1cc(B(O)O)c2occc2c1. The summed E-state index contributed by atoms with van der Waals surface area (Å²) in [5, 5.41) is 22.0. The highest BCUT2D eigenvalue weighted by molar-refractivity contribution is 6.61. The van der Waals surface area contributed by atoms with Gasteiger partial charge >= 0.3 is 7.12 Å². The van der Waals surface area contributed by atoms with Crippen LogP contribution < -0.4 is 10.8 Å². The van der Waals surface area contributed by atoms with E-state index in [0.29, 0.717) is 11.0 Å². The normalized spacial score (nSPS) is 10.5. The molecule has 1 aromatic heterocycles. The second-order valence-electron chi connectivity index (χ2n) is 3.03. The number of rotatable bonds is 2. The van der Waals surface area contributed by atoms with Gasteiger partial charge in [0.25, 0.3) is 0 Å². The summed E-state index contributed by atoms with van der Waals surface area (Å²) in [4.78, 5) is 0. The van der Waals surface area contributed by atoms with Crippen LogP contribution in [0.1, 0.15) is 0 Å². The van der Waals surface area contributed by atoms with Crippen molar-refractivity contribution >= 4 is 29.2 Å². The van der Waals surface area contributed by atoms with Crippen LogP contribution in [0.25, 0.3) is 11.0 Å². The quantitative estimate of drug-likeness (QED) is 0.591. The molecule has 2 aromatic rings. The summed E-state index contributed by atoms with van der Waals surface area (Å²) in [5.74, 6) is 0.